The van der Waals surface area contributed by atoms with Crippen molar-refractivity contribution in [3.63, 3.8) is 0 Å². The smallest absolute Gasteiger partial charge is 0.373 e. The number of anilines is 1. The molecule has 0 saturated carbocycles. The maximum Gasteiger partial charge on any atom is 0.373 e. The normalized spacial score (nSPS) is 14.6. The lowest BCUT2D eigenvalue weighted by molar-refractivity contribution is -0.385. The van der Waals surface area contributed by atoms with Crippen LogP contribution in [0, 0.1) is 10.1 Å². The van der Waals surface area contributed by atoms with Gasteiger partial charge in [-0.25, -0.2) is 4.98 Å². The molecule has 0 bridgehead atoms. The Labute approximate surface area is 201 Å². The third kappa shape index (κ3) is 5.38. The van der Waals surface area contributed by atoms with Gasteiger partial charge in [-0.1, -0.05) is 31.1 Å². The van der Waals surface area contributed by atoms with Crippen molar-refractivity contribution < 1.29 is 24.4 Å². The average molecular weight is 485 g/mol. The zero-order chi connectivity index (χ0) is 24.9. The number of hydrogen-bond acceptors (Lipinski definition) is 11. The molecule has 3 heterocycles. The van der Waals surface area contributed by atoms with E-state index in [9.17, 15) is 20.3 Å². The highest BCUT2D eigenvalue weighted by atomic mass is 16.6. The molecule has 1 aromatic carbocycles. The lowest BCUT2D eigenvalue weighted by atomic mass is 9.96. The van der Waals surface area contributed by atoms with Gasteiger partial charge in [0.1, 0.15) is 12.1 Å². The molecule has 1 aliphatic rings. The number of nitrogens with zero attached hydrogens (tertiary/aromatic N) is 6. The van der Waals surface area contributed by atoms with Gasteiger partial charge < -0.3 is 24.4 Å². The van der Waals surface area contributed by atoms with Gasteiger partial charge in [0, 0.05) is 30.8 Å². The van der Waals surface area contributed by atoms with Crippen molar-refractivity contribution in [1.29, 1.82) is 0 Å². The van der Waals surface area contributed by atoms with Crippen LogP contribution < -0.4 is 9.64 Å². The molecule has 0 aliphatic carbocycles. The summed E-state index contributed by atoms with van der Waals surface area (Å²) in [6.45, 7) is 4.67. The van der Waals surface area contributed by atoms with Crippen molar-refractivity contribution in [2.24, 2.45) is 0 Å². The Balaban J connectivity index is 1.50. The Morgan fingerprint density at radius 3 is 2.43 bits per heavy atom. The topological polar surface area (TPSA) is 161 Å². The van der Waals surface area contributed by atoms with Crippen molar-refractivity contribution in [1.82, 2.24) is 20.1 Å². The van der Waals surface area contributed by atoms with Crippen LogP contribution in [-0.2, 0) is 0 Å². The number of benzene rings is 1. The first-order chi connectivity index (χ1) is 16.9. The van der Waals surface area contributed by atoms with Crippen LogP contribution >= 0.6 is 0 Å². The second-order valence-electron chi connectivity index (χ2n) is 8.75. The van der Waals surface area contributed by atoms with Crippen LogP contribution in [0.4, 0.5) is 11.5 Å². The Morgan fingerprint density at radius 2 is 1.86 bits per heavy atom. The van der Waals surface area contributed by atoms with Crippen LogP contribution in [-0.4, -0.2) is 61.5 Å². The van der Waals surface area contributed by atoms with E-state index in [1.165, 1.54) is 6.33 Å². The summed E-state index contributed by atoms with van der Waals surface area (Å²) < 4.78 is 11.2. The van der Waals surface area contributed by atoms with E-state index in [4.69, 9.17) is 9.26 Å². The molecule has 0 amide bonds. The summed E-state index contributed by atoms with van der Waals surface area (Å²) in [5, 5.41) is 34.7. The standard InChI is InChI=1S/C23H28N6O6/c1-14(2)20-26-22(35-27-20)16-7-9-28(10-8-16)21-19(29(32)33)23(25-13-24-21)34-18-5-3-15(4-6-18)17(11-30)12-31/h3-6,13-14,16-17,30-31H,7-12H2,1-2H3. The van der Waals surface area contributed by atoms with Crippen LogP contribution in [0.1, 0.15) is 61.7 Å². The van der Waals surface area contributed by atoms with Gasteiger partial charge in [0.15, 0.2) is 5.82 Å². The summed E-state index contributed by atoms with van der Waals surface area (Å²) in [6.07, 6.45) is 2.63. The monoisotopic (exact) mass is 484 g/mol. The zero-order valence-corrected chi connectivity index (χ0v) is 19.6. The molecule has 1 aliphatic heterocycles. The van der Waals surface area contributed by atoms with Crippen molar-refractivity contribution in [2.45, 2.75) is 44.4 Å². The first-order valence-corrected chi connectivity index (χ1v) is 11.5. The number of aliphatic hydroxyl groups is 2. The molecular formula is C23H28N6O6. The molecule has 2 N–H and O–H groups in total. The fourth-order valence-corrected chi connectivity index (χ4v) is 3.99. The number of aliphatic hydroxyl groups excluding tert-OH is 2. The van der Waals surface area contributed by atoms with Crippen molar-refractivity contribution in [3.8, 4) is 11.6 Å². The van der Waals surface area contributed by atoms with E-state index in [0.29, 0.717) is 43.4 Å². The van der Waals surface area contributed by atoms with Crippen molar-refractivity contribution >= 4 is 11.5 Å². The van der Waals surface area contributed by atoms with Gasteiger partial charge in [-0.05, 0) is 30.5 Å². The molecule has 0 atom stereocenters. The SMILES string of the molecule is CC(C)c1noc(C2CCN(c3ncnc(Oc4ccc(C(CO)CO)cc4)c3[N+](=O)[O-])CC2)n1. The molecule has 12 nitrogen and oxygen atoms in total. The van der Waals surface area contributed by atoms with Gasteiger partial charge in [0.25, 0.3) is 0 Å². The van der Waals surface area contributed by atoms with E-state index in [-0.39, 0.29) is 42.4 Å². The third-order valence-electron chi connectivity index (χ3n) is 6.08. The van der Waals surface area contributed by atoms with E-state index in [0.717, 1.165) is 5.56 Å². The summed E-state index contributed by atoms with van der Waals surface area (Å²) >= 11 is 0. The lowest BCUT2D eigenvalue weighted by Gasteiger charge is -2.30. The van der Waals surface area contributed by atoms with E-state index in [1.807, 2.05) is 18.7 Å². The molecule has 0 spiro atoms. The number of piperidine rings is 1. The maximum atomic E-state index is 12.0. The highest BCUT2D eigenvalue weighted by molar-refractivity contribution is 5.63. The number of hydrogen-bond donors (Lipinski definition) is 2. The van der Waals surface area contributed by atoms with Gasteiger partial charge in [0.2, 0.25) is 11.7 Å². The minimum absolute atomic E-state index is 0.0862. The molecule has 2 aromatic heterocycles. The minimum atomic E-state index is -0.536. The van der Waals surface area contributed by atoms with E-state index < -0.39 is 10.8 Å². The summed E-state index contributed by atoms with van der Waals surface area (Å²) in [5.41, 5.74) is 0.420. The van der Waals surface area contributed by atoms with Gasteiger partial charge in [0.05, 0.1) is 18.1 Å². The number of rotatable bonds is 9. The summed E-state index contributed by atoms with van der Waals surface area (Å²) in [7, 11) is 0. The fourth-order valence-electron chi connectivity index (χ4n) is 3.99. The Bertz CT molecular complexity index is 1140. The summed E-state index contributed by atoms with van der Waals surface area (Å²) in [6, 6.07) is 6.60. The molecule has 1 saturated heterocycles. The molecule has 186 valence electrons. The van der Waals surface area contributed by atoms with Gasteiger partial charge in [-0.15, -0.1) is 0 Å². The number of aromatic nitrogens is 4. The van der Waals surface area contributed by atoms with E-state index in [2.05, 4.69) is 20.1 Å². The van der Waals surface area contributed by atoms with Crippen LogP contribution in [0.2, 0.25) is 0 Å². The molecule has 3 aromatic rings. The largest absolute Gasteiger partial charge is 0.434 e. The molecule has 35 heavy (non-hydrogen) atoms. The van der Waals surface area contributed by atoms with E-state index >= 15 is 0 Å². The first-order valence-electron chi connectivity index (χ1n) is 11.5. The van der Waals surface area contributed by atoms with Crippen LogP contribution in [0.3, 0.4) is 0 Å². The number of ether oxygens (including phenoxy) is 1. The third-order valence-corrected chi connectivity index (χ3v) is 6.08. The average Bonchev–Trinajstić information content (AvgIpc) is 3.36. The van der Waals surface area contributed by atoms with E-state index in [1.54, 1.807) is 24.3 Å². The molecular weight excluding hydrogens is 456 g/mol. The second kappa shape index (κ2) is 10.7. The molecule has 4 rings (SSSR count). The predicted molar refractivity (Wildman–Crippen MR) is 125 cm³/mol. The summed E-state index contributed by atoms with van der Waals surface area (Å²) in [4.78, 5) is 26.0. The van der Waals surface area contributed by atoms with Crippen molar-refractivity contribution in [3.05, 3.63) is 58.0 Å². The highest BCUT2D eigenvalue weighted by Crippen LogP contribution is 2.38. The van der Waals surface area contributed by atoms with Crippen LogP contribution in [0.15, 0.2) is 35.1 Å². The highest BCUT2D eigenvalue weighted by Gasteiger charge is 2.33. The van der Waals surface area contributed by atoms with Crippen LogP contribution in [0.5, 0.6) is 11.6 Å². The predicted octanol–water partition coefficient (Wildman–Crippen LogP) is 3.14. The lowest BCUT2D eigenvalue weighted by Crippen LogP contribution is -2.34. The number of nitro groups is 1. The Hall–Kier alpha value is -3.64. The molecule has 0 unspecified atom stereocenters. The zero-order valence-electron chi connectivity index (χ0n) is 19.6. The van der Waals surface area contributed by atoms with Gasteiger partial charge in [-0.3, -0.25) is 10.1 Å². The van der Waals surface area contributed by atoms with Crippen LogP contribution in [0.25, 0.3) is 0 Å². The van der Waals surface area contributed by atoms with Gasteiger partial charge >= 0.3 is 11.6 Å². The molecule has 0 radical (unpaired) electrons. The Morgan fingerprint density at radius 1 is 1.17 bits per heavy atom. The fraction of sp³-hybridized carbons (Fsp3) is 0.478. The quantitative estimate of drug-likeness (QED) is 0.339. The van der Waals surface area contributed by atoms with Gasteiger partial charge in [-0.2, -0.15) is 9.97 Å². The first kappa shape index (κ1) is 24.5. The second-order valence-corrected chi connectivity index (χ2v) is 8.75. The summed E-state index contributed by atoms with van der Waals surface area (Å²) in [5.74, 6) is 1.51. The van der Waals surface area contributed by atoms with Crippen molar-refractivity contribution in [2.75, 3.05) is 31.2 Å². The molecule has 12 heteroatoms. The maximum absolute atomic E-state index is 12.0. The Kier molecular flexibility index (Phi) is 7.51. The minimum Gasteiger partial charge on any atom is -0.434 e. The molecule has 1 fully saturated rings.